The lowest BCUT2D eigenvalue weighted by Crippen LogP contribution is -2.31. The van der Waals surface area contributed by atoms with Gasteiger partial charge in [0.2, 0.25) is 6.33 Å². The standard InChI is InChI=1S/C16H21N2.BF4/c1-3-5-10-17-11-12-18(14-17)13-16-8-6-15(4-2)7-9-16;2-1(3,4)5/h4,6-9,11-12,14H,2-3,5,10,13H2,1H3;/q+1;-1. The smallest absolute Gasteiger partial charge is 0.418 e. The third-order valence-electron chi connectivity index (χ3n) is 3.10. The van der Waals surface area contributed by atoms with Gasteiger partial charge in [-0.3, -0.25) is 0 Å². The molecule has 0 atom stereocenters. The second kappa shape index (κ2) is 9.17. The van der Waals surface area contributed by atoms with Crippen molar-refractivity contribution in [3.05, 3.63) is 60.7 Å². The number of hydrogen-bond acceptors (Lipinski definition) is 0. The molecule has 0 unspecified atom stereocenters. The summed E-state index contributed by atoms with van der Waals surface area (Å²) in [7, 11) is -6.00. The molecule has 0 amide bonds. The third kappa shape index (κ3) is 8.85. The van der Waals surface area contributed by atoms with Crippen molar-refractivity contribution >= 4 is 13.3 Å². The molecule has 0 N–H and O–H groups in total. The van der Waals surface area contributed by atoms with Crippen LogP contribution in [0, 0.1) is 0 Å². The number of benzene rings is 1. The van der Waals surface area contributed by atoms with Crippen molar-refractivity contribution < 1.29 is 21.8 Å². The van der Waals surface area contributed by atoms with E-state index in [0.29, 0.717) is 0 Å². The molecule has 0 aliphatic rings. The van der Waals surface area contributed by atoms with Gasteiger partial charge in [0.1, 0.15) is 18.9 Å². The first kappa shape index (κ1) is 19.0. The number of rotatable bonds is 6. The van der Waals surface area contributed by atoms with E-state index < -0.39 is 7.25 Å². The van der Waals surface area contributed by atoms with Crippen molar-refractivity contribution in [2.45, 2.75) is 32.9 Å². The van der Waals surface area contributed by atoms with Gasteiger partial charge in [-0.05, 0) is 17.5 Å². The predicted octanol–water partition coefficient (Wildman–Crippen LogP) is 4.57. The quantitative estimate of drug-likeness (QED) is 0.417. The molecular weight excluding hydrogens is 307 g/mol. The van der Waals surface area contributed by atoms with E-state index in [1.165, 1.54) is 24.0 Å². The van der Waals surface area contributed by atoms with Crippen LogP contribution in [0.4, 0.5) is 17.3 Å². The molecule has 0 spiro atoms. The van der Waals surface area contributed by atoms with Crippen LogP contribution in [-0.2, 0) is 13.1 Å². The first-order valence-corrected chi connectivity index (χ1v) is 7.45. The summed E-state index contributed by atoms with van der Waals surface area (Å²) < 4.78 is 43.5. The minimum Gasteiger partial charge on any atom is -0.418 e. The Labute approximate surface area is 134 Å². The molecule has 23 heavy (non-hydrogen) atoms. The number of hydrogen-bond donors (Lipinski definition) is 0. The molecule has 2 rings (SSSR count). The van der Waals surface area contributed by atoms with Gasteiger partial charge in [-0.15, -0.1) is 0 Å². The van der Waals surface area contributed by atoms with Crippen molar-refractivity contribution in [3.8, 4) is 0 Å². The molecule has 1 aromatic carbocycles. The monoisotopic (exact) mass is 328 g/mol. The average molecular weight is 328 g/mol. The Bertz CT molecular complexity index is 585. The highest BCUT2D eigenvalue weighted by atomic mass is 19.5. The number of imidazole rings is 1. The Hall–Kier alpha value is -2.05. The summed E-state index contributed by atoms with van der Waals surface area (Å²) in [6.45, 7) is 8.03. The van der Waals surface area contributed by atoms with Gasteiger partial charge in [-0.2, -0.15) is 0 Å². The number of unbranched alkanes of at least 4 members (excludes halogenated alkanes) is 1. The van der Waals surface area contributed by atoms with Gasteiger partial charge >= 0.3 is 7.25 Å². The van der Waals surface area contributed by atoms with E-state index in [-0.39, 0.29) is 0 Å². The molecule has 2 nitrogen and oxygen atoms in total. The molecule has 0 bridgehead atoms. The fourth-order valence-corrected chi connectivity index (χ4v) is 1.98. The minimum absolute atomic E-state index is 0.927. The fraction of sp³-hybridized carbons (Fsp3) is 0.312. The molecular formula is C16H21BF4N2. The molecule has 1 heterocycles. The molecule has 0 aliphatic carbocycles. The van der Waals surface area contributed by atoms with Crippen LogP contribution in [0.5, 0.6) is 0 Å². The van der Waals surface area contributed by atoms with Crippen molar-refractivity contribution in [3.63, 3.8) is 0 Å². The molecule has 1 aromatic heterocycles. The maximum absolute atomic E-state index is 9.75. The van der Waals surface area contributed by atoms with Crippen LogP contribution in [0.3, 0.4) is 0 Å². The molecule has 0 fully saturated rings. The summed E-state index contributed by atoms with van der Waals surface area (Å²) in [5.41, 5.74) is 2.49. The largest absolute Gasteiger partial charge is 0.673 e. The Kier molecular flexibility index (Phi) is 7.58. The summed E-state index contributed by atoms with van der Waals surface area (Å²) in [5.74, 6) is 0. The van der Waals surface area contributed by atoms with E-state index in [1.54, 1.807) is 0 Å². The second-order valence-corrected chi connectivity index (χ2v) is 5.12. The molecule has 0 aliphatic heterocycles. The second-order valence-electron chi connectivity index (χ2n) is 5.12. The molecule has 7 heteroatoms. The van der Waals surface area contributed by atoms with Crippen molar-refractivity contribution in [1.82, 2.24) is 4.57 Å². The maximum Gasteiger partial charge on any atom is 0.673 e. The average Bonchev–Trinajstić information content (AvgIpc) is 2.92. The topological polar surface area (TPSA) is 8.81 Å². The molecule has 0 radical (unpaired) electrons. The SMILES string of the molecule is C=Cc1ccc(C[n+]2ccn(CCCC)c2)cc1.F[B-](F)(F)F. The van der Waals surface area contributed by atoms with Gasteiger partial charge in [-0.1, -0.05) is 50.3 Å². The van der Waals surface area contributed by atoms with Crippen LogP contribution in [-0.4, -0.2) is 11.8 Å². The predicted molar refractivity (Wildman–Crippen MR) is 85.4 cm³/mol. The third-order valence-corrected chi connectivity index (χ3v) is 3.10. The lowest BCUT2D eigenvalue weighted by Gasteiger charge is -1.99. The summed E-state index contributed by atoms with van der Waals surface area (Å²) in [5, 5.41) is 0. The molecule has 0 saturated carbocycles. The van der Waals surface area contributed by atoms with Gasteiger partial charge in [-0.25, -0.2) is 9.13 Å². The van der Waals surface area contributed by atoms with Gasteiger partial charge < -0.3 is 17.3 Å². The zero-order valence-electron chi connectivity index (χ0n) is 13.1. The summed E-state index contributed by atoms with van der Waals surface area (Å²) in [6, 6.07) is 8.54. The van der Waals surface area contributed by atoms with Gasteiger partial charge in [0.25, 0.3) is 0 Å². The zero-order chi connectivity index (χ0) is 17.3. The van der Waals surface area contributed by atoms with Crippen LogP contribution in [0.2, 0.25) is 0 Å². The Morgan fingerprint density at radius 2 is 1.78 bits per heavy atom. The Morgan fingerprint density at radius 1 is 1.17 bits per heavy atom. The van der Waals surface area contributed by atoms with Gasteiger partial charge in [0, 0.05) is 0 Å². The van der Waals surface area contributed by atoms with Crippen molar-refractivity contribution in [2.24, 2.45) is 0 Å². The highest BCUT2D eigenvalue weighted by Gasteiger charge is 2.20. The van der Waals surface area contributed by atoms with Crippen LogP contribution in [0.1, 0.15) is 30.9 Å². The highest BCUT2D eigenvalue weighted by molar-refractivity contribution is 6.50. The van der Waals surface area contributed by atoms with Crippen LogP contribution >= 0.6 is 0 Å². The molecule has 126 valence electrons. The van der Waals surface area contributed by atoms with E-state index in [2.05, 4.69) is 65.6 Å². The maximum atomic E-state index is 9.75. The highest BCUT2D eigenvalue weighted by Crippen LogP contribution is 2.06. The normalized spacial score (nSPS) is 10.8. The lowest BCUT2D eigenvalue weighted by atomic mass is 10.1. The first-order valence-electron chi connectivity index (χ1n) is 7.45. The Balaban J connectivity index is 0.000000463. The number of aromatic nitrogens is 2. The van der Waals surface area contributed by atoms with Crippen LogP contribution in [0.15, 0.2) is 49.6 Å². The first-order chi connectivity index (χ1) is 10.8. The van der Waals surface area contributed by atoms with E-state index in [0.717, 1.165) is 13.1 Å². The van der Waals surface area contributed by atoms with E-state index >= 15 is 0 Å². The van der Waals surface area contributed by atoms with Crippen molar-refractivity contribution in [2.75, 3.05) is 0 Å². The number of halogens is 4. The van der Waals surface area contributed by atoms with Crippen LogP contribution < -0.4 is 4.57 Å². The van der Waals surface area contributed by atoms with E-state index in [9.17, 15) is 17.3 Å². The summed E-state index contributed by atoms with van der Waals surface area (Å²) in [6.07, 6.45) is 10.8. The lowest BCUT2D eigenvalue weighted by molar-refractivity contribution is -0.687. The van der Waals surface area contributed by atoms with E-state index in [4.69, 9.17) is 0 Å². The zero-order valence-corrected chi connectivity index (χ0v) is 13.1. The van der Waals surface area contributed by atoms with Crippen molar-refractivity contribution in [1.29, 1.82) is 0 Å². The van der Waals surface area contributed by atoms with Gasteiger partial charge in [0.05, 0.1) is 6.54 Å². The summed E-state index contributed by atoms with van der Waals surface area (Å²) >= 11 is 0. The number of nitrogens with zero attached hydrogens (tertiary/aromatic N) is 2. The minimum atomic E-state index is -6.00. The van der Waals surface area contributed by atoms with Crippen LogP contribution in [0.25, 0.3) is 6.08 Å². The molecule has 0 saturated heterocycles. The molecule has 2 aromatic rings. The summed E-state index contributed by atoms with van der Waals surface area (Å²) in [4.78, 5) is 0. The number of aryl methyl sites for hydroxylation is 1. The van der Waals surface area contributed by atoms with E-state index in [1.807, 2.05) is 6.08 Å². The Morgan fingerprint density at radius 3 is 2.30 bits per heavy atom. The van der Waals surface area contributed by atoms with Gasteiger partial charge in [0.15, 0.2) is 0 Å². The fourth-order valence-electron chi connectivity index (χ4n) is 1.98.